The Bertz CT molecular complexity index is 924. The molecule has 1 fully saturated rings. The largest absolute Gasteiger partial charge is 0.396 e. The fourth-order valence-corrected chi connectivity index (χ4v) is 3.58. The smallest absolute Gasteiger partial charge is 0.165 e. The van der Waals surface area contributed by atoms with Gasteiger partial charge in [0.05, 0.1) is 17.5 Å². The van der Waals surface area contributed by atoms with Gasteiger partial charge in [-0.2, -0.15) is 5.10 Å². The molecule has 1 N–H and O–H groups in total. The number of aryl methyl sites for hydroxylation is 1. The van der Waals surface area contributed by atoms with Gasteiger partial charge in [0.15, 0.2) is 5.82 Å². The SMILES string of the molecule is Cn1cc(-c2nc(-c3ccc(Cl)cc3)cc(N3CCCC(CO)C3)n2)cn1. The third-order valence-corrected chi connectivity index (χ3v) is 5.17. The number of halogens is 1. The summed E-state index contributed by atoms with van der Waals surface area (Å²) >= 11 is 6.04. The second-order valence-corrected chi connectivity index (χ2v) is 7.42. The van der Waals surface area contributed by atoms with Crippen LogP contribution in [-0.2, 0) is 7.05 Å². The number of anilines is 1. The van der Waals surface area contributed by atoms with Crippen LogP contribution in [0.25, 0.3) is 22.6 Å². The van der Waals surface area contributed by atoms with Gasteiger partial charge in [0.25, 0.3) is 0 Å². The standard InChI is InChI=1S/C20H22ClN5O/c1-25-12-16(10-22-25)20-23-18(15-4-6-17(21)7-5-15)9-19(24-20)26-8-2-3-14(11-26)13-27/h4-7,9-10,12,14,27H,2-3,8,11,13H2,1H3. The van der Waals surface area contributed by atoms with Gasteiger partial charge in [-0.15, -0.1) is 0 Å². The molecule has 1 atom stereocenters. The lowest BCUT2D eigenvalue weighted by molar-refractivity contribution is 0.208. The Morgan fingerprint density at radius 3 is 2.70 bits per heavy atom. The molecule has 1 saturated heterocycles. The van der Waals surface area contributed by atoms with Crippen molar-refractivity contribution in [3.8, 4) is 22.6 Å². The minimum absolute atomic E-state index is 0.209. The molecule has 0 aliphatic carbocycles. The van der Waals surface area contributed by atoms with E-state index < -0.39 is 0 Å². The van der Waals surface area contributed by atoms with Gasteiger partial charge >= 0.3 is 0 Å². The Morgan fingerprint density at radius 2 is 2.00 bits per heavy atom. The summed E-state index contributed by atoms with van der Waals surface area (Å²) in [6.07, 6.45) is 5.79. The van der Waals surface area contributed by atoms with Gasteiger partial charge in [0, 0.05) is 49.6 Å². The first-order valence-electron chi connectivity index (χ1n) is 9.12. The molecule has 1 aromatic carbocycles. The summed E-state index contributed by atoms with van der Waals surface area (Å²) in [4.78, 5) is 11.8. The highest BCUT2D eigenvalue weighted by atomic mass is 35.5. The van der Waals surface area contributed by atoms with Crippen LogP contribution in [0.5, 0.6) is 0 Å². The zero-order valence-corrected chi connectivity index (χ0v) is 16.0. The van der Waals surface area contributed by atoms with Gasteiger partial charge in [-0.1, -0.05) is 23.7 Å². The molecule has 0 amide bonds. The van der Waals surface area contributed by atoms with Crippen LogP contribution >= 0.6 is 11.6 Å². The van der Waals surface area contributed by atoms with Crippen LogP contribution in [0.2, 0.25) is 5.02 Å². The van der Waals surface area contributed by atoms with E-state index in [4.69, 9.17) is 21.6 Å². The maximum atomic E-state index is 9.57. The van der Waals surface area contributed by atoms with Gasteiger partial charge in [0.2, 0.25) is 0 Å². The zero-order valence-electron chi connectivity index (χ0n) is 15.2. The number of nitrogens with zero attached hydrogens (tertiary/aromatic N) is 5. The molecule has 1 aliphatic rings. The van der Waals surface area contributed by atoms with Gasteiger partial charge in [-0.05, 0) is 30.9 Å². The molecule has 7 heteroatoms. The van der Waals surface area contributed by atoms with Crippen LogP contribution in [0.15, 0.2) is 42.7 Å². The van der Waals surface area contributed by atoms with Gasteiger partial charge < -0.3 is 10.0 Å². The minimum Gasteiger partial charge on any atom is -0.396 e. The van der Waals surface area contributed by atoms with Crippen molar-refractivity contribution >= 4 is 17.4 Å². The first kappa shape index (κ1) is 17.9. The number of aromatic nitrogens is 4. The summed E-state index contributed by atoms with van der Waals surface area (Å²) in [5.74, 6) is 1.82. The number of aliphatic hydroxyl groups is 1. The van der Waals surface area contributed by atoms with E-state index in [1.165, 1.54) is 0 Å². The van der Waals surface area contributed by atoms with Crippen molar-refractivity contribution < 1.29 is 5.11 Å². The summed E-state index contributed by atoms with van der Waals surface area (Å²) in [7, 11) is 1.88. The predicted octanol–water partition coefficient (Wildman–Crippen LogP) is 3.41. The molecule has 140 valence electrons. The summed E-state index contributed by atoms with van der Waals surface area (Å²) in [5, 5.41) is 14.5. The molecule has 4 rings (SSSR count). The first-order valence-corrected chi connectivity index (χ1v) is 9.50. The second kappa shape index (κ2) is 7.66. The number of piperidine rings is 1. The molecule has 1 unspecified atom stereocenters. The van der Waals surface area contributed by atoms with Gasteiger partial charge in [-0.25, -0.2) is 9.97 Å². The average Bonchev–Trinajstić information content (AvgIpc) is 3.15. The van der Waals surface area contributed by atoms with Crippen molar-refractivity contribution in [3.05, 3.63) is 47.7 Å². The number of hydrogen-bond donors (Lipinski definition) is 1. The van der Waals surface area contributed by atoms with E-state index in [0.29, 0.717) is 10.8 Å². The van der Waals surface area contributed by atoms with Crippen molar-refractivity contribution in [1.29, 1.82) is 0 Å². The van der Waals surface area contributed by atoms with E-state index in [1.807, 2.05) is 43.6 Å². The lowest BCUT2D eigenvalue weighted by Gasteiger charge is -2.33. The van der Waals surface area contributed by atoms with Crippen molar-refractivity contribution in [2.45, 2.75) is 12.8 Å². The Kier molecular flexibility index (Phi) is 5.09. The van der Waals surface area contributed by atoms with Crippen molar-refractivity contribution in [2.75, 3.05) is 24.6 Å². The molecular weight excluding hydrogens is 362 g/mol. The van der Waals surface area contributed by atoms with Crippen molar-refractivity contribution in [2.24, 2.45) is 13.0 Å². The maximum absolute atomic E-state index is 9.57. The molecule has 2 aromatic heterocycles. The Balaban J connectivity index is 1.77. The van der Waals surface area contributed by atoms with E-state index in [9.17, 15) is 5.11 Å². The van der Waals surface area contributed by atoms with E-state index in [-0.39, 0.29) is 12.5 Å². The van der Waals surface area contributed by atoms with Gasteiger partial charge in [-0.3, -0.25) is 4.68 Å². The van der Waals surface area contributed by atoms with Crippen LogP contribution in [-0.4, -0.2) is 44.6 Å². The summed E-state index contributed by atoms with van der Waals surface area (Å²) < 4.78 is 1.75. The van der Waals surface area contributed by atoms with Crippen LogP contribution < -0.4 is 4.90 Å². The highest BCUT2D eigenvalue weighted by molar-refractivity contribution is 6.30. The third kappa shape index (κ3) is 3.96. The van der Waals surface area contributed by atoms with Crippen molar-refractivity contribution in [1.82, 2.24) is 19.7 Å². The molecule has 6 nitrogen and oxygen atoms in total. The Morgan fingerprint density at radius 1 is 1.19 bits per heavy atom. The minimum atomic E-state index is 0.209. The van der Waals surface area contributed by atoms with E-state index >= 15 is 0 Å². The lowest BCUT2D eigenvalue weighted by atomic mass is 9.99. The van der Waals surface area contributed by atoms with Gasteiger partial charge in [0.1, 0.15) is 5.82 Å². The van der Waals surface area contributed by atoms with E-state index in [1.54, 1.807) is 10.9 Å². The van der Waals surface area contributed by atoms with Crippen LogP contribution in [0.1, 0.15) is 12.8 Å². The van der Waals surface area contributed by atoms with Crippen LogP contribution in [0, 0.1) is 5.92 Å². The summed E-state index contributed by atoms with van der Waals surface area (Å²) in [5.41, 5.74) is 2.72. The summed E-state index contributed by atoms with van der Waals surface area (Å²) in [6, 6.07) is 9.68. The third-order valence-electron chi connectivity index (χ3n) is 4.92. The number of aliphatic hydroxyl groups excluding tert-OH is 1. The molecule has 0 bridgehead atoms. The quantitative estimate of drug-likeness (QED) is 0.747. The molecular formula is C20H22ClN5O. The van der Waals surface area contributed by atoms with Crippen LogP contribution in [0.4, 0.5) is 5.82 Å². The van der Waals surface area contributed by atoms with Crippen molar-refractivity contribution in [3.63, 3.8) is 0 Å². The highest BCUT2D eigenvalue weighted by Crippen LogP contribution is 2.29. The molecule has 0 spiro atoms. The van der Waals surface area contributed by atoms with E-state index in [0.717, 1.165) is 48.6 Å². The molecule has 3 aromatic rings. The number of benzene rings is 1. The Hall–Kier alpha value is -2.44. The highest BCUT2D eigenvalue weighted by Gasteiger charge is 2.22. The maximum Gasteiger partial charge on any atom is 0.165 e. The zero-order chi connectivity index (χ0) is 18.8. The lowest BCUT2D eigenvalue weighted by Crippen LogP contribution is -2.37. The first-order chi connectivity index (χ1) is 13.1. The monoisotopic (exact) mass is 383 g/mol. The second-order valence-electron chi connectivity index (χ2n) is 6.98. The number of hydrogen-bond acceptors (Lipinski definition) is 5. The molecule has 27 heavy (non-hydrogen) atoms. The topological polar surface area (TPSA) is 67.1 Å². The van der Waals surface area contributed by atoms with E-state index in [2.05, 4.69) is 10.00 Å². The number of rotatable bonds is 4. The normalized spacial score (nSPS) is 17.3. The molecule has 1 aliphatic heterocycles. The average molecular weight is 384 g/mol. The molecule has 0 saturated carbocycles. The summed E-state index contributed by atoms with van der Waals surface area (Å²) in [6.45, 7) is 1.95. The Labute approximate surface area is 163 Å². The molecule has 3 heterocycles. The predicted molar refractivity (Wildman–Crippen MR) is 107 cm³/mol. The van der Waals surface area contributed by atoms with Crippen LogP contribution in [0.3, 0.4) is 0 Å². The fourth-order valence-electron chi connectivity index (χ4n) is 3.45. The fraction of sp³-hybridized carbons (Fsp3) is 0.350. The molecule has 0 radical (unpaired) electrons.